The number of hydrogen-bond donors (Lipinski definition) is 1. The van der Waals surface area contributed by atoms with E-state index in [4.69, 9.17) is 0 Å². The quantitative estimate of drug-likeness (QED) is 0.843. The number of nitrogens with one attached hydrogen (secondary N) is 1. The van der Waals surface area contributed by atoms with Crippen LogP contribution in [-0.4, -0.2) is 36.6 Å². The first-order valence-electron chi connectivity index (χ1n) is 8.82. The van der Waals surface area contributed by atoms with E-state index in [-0.39, 0.29) is 0 Å². The normalized spacial score (nSPS) is 42.0. The zero-order valence-corrected chi connectivity index (χ0v) is 14.6. The summed E-state index contributed by atoms with van der Waals surface area (Å²) in [5, 5.41) is 3.78. The molecule has 2 nitrogen and oxygen atoms in total. The Balaban J connectivity index is 2.01. The van der Waals surface area contributed by atoms with Crippen LogP contribution >= 0.6 is 0 Å². The standard InChI is InChI=1S/C18H36N2/c1-7-19-17-16(8-9-18(17,5)6)12-20-11-13(2)10-14(3)15(20)4/h13-17,19H,7-12H2,1-6H3. The van der Waals surface area contributed by atoms with Crippen LogP contribution in [0.25, 0.3) is 0 Å². The molecule has 2 aliphatic rings. The minimum Gasteiger partial charge on any atom is -0.313 e. The van der Waals surface area contributed by atoms with E-state index in [1.54, 1.807) is 0 Å². The lowest BCUT2D eigenvalue weighted by Crippen LogP contribution is -2.51. The first-order chi connectivity index (χ1) is 9.35. The van der Waals surface area contributed by atoms with Gasteiger partial charge in [-0.3, -0.25) is 4.90 Å². The summed E-state index contributed by atoms with van der Waals surface area (Å²) in [6.45, 7) is 18.2. The van der Waals surface area contributed by atoms with Gasteiger partial charge in [0.05, 0.1) is 0 Å². The molecule has 1 saturated heterocycles. The maximum absolute atomic E-state index is 3.78. The van der Waals surface area contributed by atoms with Gasteiger partial charge in [0, 0.05) is 25.2 Å². The fourth-order valence-corrected chi connectivity index (χ4v) is 4.75. The topological polar surface area (TPSA) is 15.3 Å². The monoisotopic (exact) mass is 280 g/mol. The molecular weight excluding hydrogens is 244 g/mol. The molecule has 1 aliphatic heterocycles. The van der Waals surface area contributed by atoms with E-state index in [0.29, 0.717) is 11.5 Å². The summed E-state index contributed by atoms with van der Waals surface area (Å²) in [7, 11) is 0. The van der Waals surface area contributed by atoms with E-state index in [2.05, 4.69) is 51.8 Å². The molecule has 2 heteroatoms. The fraction of sp³-hybridized carbons (Fsp3) is 1.00. The van der Waals surface area contributed by atoms with Gasteiger partial charge in [-0.15, -0.1) is 0 Å². The molecule has 5 atom stereocenters. The van der Waals surface area contributed by atoms with Crippen LogP contribution in [0.1, 0.15) is 60.8 Å². The first kappa shape index (κ1) is 16.3. The Morgan fingerprint density at radius 1 is 1.20 bits per heavy atom. The van der Waals surface area contributed by atoms with E-state index in [0.717, 1.165) is 30.3 Å². The highest BCUT2D eigenvalue weighted by Crippen LogP contribution is 2.42. The van der Waals surface area contributed by atoms with Crippen molar-refractivity contribution in [3.05, 3.63) is 0 Å². The molecule has 0 aromatic heterocycles. The predicted molar refractivity (Wildman–Crippen MR) is 87.9 cm³/mol. The van der Waals surface area contributed by atoms with Crippen LogP contribution in [0.4, 0.5) is 0 Å². The lowest BCUT2D eigenvalue weighted by Gasteiger charge is -2.43. The van der Waals surface area contributed by atoms with E-state index < -0.39 is 0 Å². The Morgan fingerprint density at radius 3 is 2.55 bits per heavy atom. The summed E-state index contributed by atoms with van der Waals surface area (Å²) < 4.78 is 0. The van der Waals surface area contributed by atoms with Gasteiger partial charge in [-0.25, -0.2) is 0 Å². The molecule has 1 N–H and O–H groups in total. The van der Waals surface area contributed by atoms with Gasteiger partial charge < -0.3 is 5.32 Å². The summed E-state index contributed by atoms with van der Waals surface area (Å²) >= 11 is 0. The van der Waals surface area contributed by atoms with Gasteiger partial charge >= 0.3 is 0 Å². The van der Waals surface area contributed by atoms with Gasteiger partial charge in [-0.2, -0.15) is 0 Å². The molecule has 0 aromatic rings. The smallest absolute Gasteiger partial charge is 0.0159 e. The molecule has 118 valence electrons. The third-order valence-electron chi connectivity index (χ3n) is 6.09. The van der Waals surface area contributed by atoms with Gasteiger partial charge in [0.1, 0.15) is 0 Å². The van der Waals surface area contributed by atoms with Gasteiger partial charge in [0.2, 0.25) is 0 Å². The lowest BCUT2D eigenvalue weighted by atomic mass is 9.82. The minimum absolute atomic E-state index is 0.469. The molecule has 0 aromatic carbocycles. The number of nitrogens with zero attached hydrogens (tertiary/aromatic N) is 1. The van der Waals surface area contributed by atoms with Gasteiger partial charge in [-0.1, -0.05) is 34.6 Å². The van der Waals surface area contributed by atoms with Crippen LogP contribution in [0, 0.1) is 23.2 Å². The third kappa shape index (κ3) is 3.39. The average molecular weight is 280 g/mol. The Hall–Kier alpha value is -0.0800. The summed E-state index contributed by atoms with van der Waals surface area (Å²) in [4.78, 5) is 2.79. The SMILES string of the molecule is CCNC1C(CN2CC(C)CC(C)C2C)CCC1(C)C. The number of likely N-dealkylation sites (tertiary alicyclic amines) is 1. The second-order valence-electron chi connectivity index (χ2n) is 8.34. The Morgan fingerprint density at radius 2 is 1.90 bits per heavy atom. The number of piperidine rings is 1. The molecule has 0 radical (unpaired) electrons. The lowest BCUT2D eigenvalue weighted by molar-refractivity contribution is 0.0577. The van der Waals surface area contributed by atoms with E-state index in [9.17, 15) is 0 Å². The van der Waals surface area contributed by atoms with Crippen LogP contribution in [0.2, 0.25) is 0 Å². The van der Waals surface area contributed by atoms with Crippen molar-refractivity contribution in [2.45, 2.75) is 72.9 Å². The van der Waals surface area contributed by atoms with Crippen molar-refractivity contribution in [2.75, 3.05) is 19.6 Å². The molecule has 2 fully saturated rings. The maximum atomic E-state index is 3.78. The third-order valence-corrected chi connectivity index (χ3v) is 6.09. The molecular formula is C18H36N2. The Kier molecular flexibility index (Phi) is 5.18. The van der Waals surface area contributed by atoms with Gasteiger partial charge in [-0.05, 0) is 55.9 Å². The van der Waals surface area contributed by atoms with Crippen molar-refractivity contribution in [1.29, 1.82) is 0 Å². The molecule has 1 heterocycles. The van der Waals surface area contributed by atoms with Crippen molar-refractivity contribution >= 4 is 0 Å². The zero-order valence-electron chi connectivity index (χ0n) is 14.6. The van der Waals surface area contributed by atoms with E-state index >= 15 is 0 Å². The molecule has 0 amide bonds. The molecule has 20 heavy (non-hydrogen) atoms. The fourth-order valence-electron chi connectivity index (χ4n) is 4.75. The van der Waals surface area contributed by atoms with Crippen molar-refractivity contribution in [1.82, 2.24) is 10.2 Å². The molecule has 1 saturated carbocycles. The van der Waals surface area contributed by atoms with Crippen molar-refractivity contribution in [3.8, 4) is 0 Å². The second-order valence-corrected chi connectivity index (χ2v) is 8.34. The predicted octanol–water partition coefficient (Wildman–Crippen LogP) is 3.77. The molecule has 1 aliphatic carbocycles. The van der Waals surface area contributed by atoms with Crippen LogP contribution in [-0.2, 0) is 0 Å². The molecule has 0 spiro atoms. The largest absolute Gasteiger partial charge is 0.313 e. The summed E-state index contributed by atoms with van der Waals surface area (Å²) in [5.74, 6) is 2.56. The summed E-state index contributed by atoms with van der Waals surface area (Å²) in [6.07, 6.45) is 4.18. The van der Waals surface area contributed by atoms with Crippen LogP contribution in [0.15, 0.2) is 0 Å². The van der Waals surface area contributed by atoms with Crippen molar-refractivity contribution in [3.63, 3.8) is 0 Å². The minimum atomic E-state index is 0.469. The van der Waals surface area contributed by atoms with Crippen molar-refractivity contribution in [2.24, 2.45) is 23.2 Å². The highest BCUT2D eigenvalue weighted by Gasteiger charge is 2.43. The summed E-state index contributed by atoms with van der Waals surface area (Å²) in [5.41, 5.74) is 0.469. The van der Waals surface area contributed by atoms with E-state index in [1.807, 2.05) is 0 Å². The van der Waals surface area contributed by atoms with Crippen molar-refractivity contribution < 1.29 is 0 Å². The van der Waals surface area contributed by atoms with Crippen LogP contribution in [0.5, 0.6) is 0 Å². The van der Waals surface area contributed by atoms with Gasteiger partial charge in [0.15, 0.2) is 0 Å². The highest BCUT2D eigenvalue weighted by atomic mass is 15.2. The number of hydrogen-bond acceptors (Lipinski definition) is 2. The Bertz CT molecular complexity index is 313. The van der Waals surface area contributed by atoms with Crippen LogP contribution in [0.3, 0.4) is 0 Å². The molecule has 0 bridgehead atoms. The van der Waals surface area contributed by atoms with Gasteiger partial charge in [0.25, 0.3) is 0 Å². The average Bonchev–Trinajstić information content (AvgIpc) is 2.63. The van der Waals surface area contributed by atoms with E-state index in [1.165, 1.54) is 32.4 Å². The molecule has 5 unspecified atom stereocenters. The Labute approximate surface area is 126 Å². The highest BCUT2D eigenvalue weighted by molar-refractivity contribution is 4.98. The zero-order chi connectivity index (χ0) is 14.9. The first-order valence-corrected chi connectivity index (χ1v) is 8.82. The number of rotatable bonds is 4. The molecule has 2 rings (SSSR count). The summed E-state index contributed by atoms with van der Waals surface area (Å²) in [6, 6.07) is 1.46. The van der Waals surface area contributed by atoms with Crippen LogP contribution < -0.4 is 5.32 Å². The maximum Gasteiger partial charge on any atom is 0.0159 e. The second kappa shape index (κ2) is 6.36.